The van der Waals surface area contributed by atoms with Gasteiger partial charge in [-0.1, -0.05) is 59.8 Å². The summed E-state index contributed by atoms with van der Waals surface area (Å²) in [6, 6.07) is 18.0. The number of amides is 1. The van der Waals surface area contributed by atoms with Crippen molar-refractivity contribution in [2.75, 3.05) is 5.75 Å². The highest BCUT2D eigenvalue weighted by molar-refractivity contribution is 7.99. The topological polar surface area (TPSA) is 76.9 Å². The largest absolute Gasteiger partial charge is 0.349 e. The molecule has 2 aromatic carbocycles. The fourth-order valence-corrected chi connectivity index (χ4v) is 4.43. The van der Waals surface area contributed by atoms with Gasteiger partial charge in [-0.2, -0.15) is 0 Å². The van der Waals surface area contributed by atoms with Gasteiger partial charge in [0.05, 0.1) is 22.7 Å². The van der Waals surface area contributed by atoms with Gasteiger partial charge in [-0.3, -0.25) is 9.59 Å². The summed E-state index contributed by atoms with van der Waals surface area (Å²) in [5.41, 5.74) is 2.18. The first-order chi connectivity index (χ1) is 15.4. The number of nitrogens with zero attached hydrogens (tertiary/aromatic N) is 3. The Kier molecular flexibility index (Phi) is 6.58. The zero-order chi connectivity index (χ0) is 22.7. The predicted molar refractivity (Wildman–Crippen MR) is 129 cm³/mol. The summed E-state index contributed by atoms with van der Waals surface area (Å²) < 4.78 is 1.46. The fourth-order valence-electron chi connectivity index (χ4n) is 3.32. The molecule has 0 spiro atoms. The lowest BCUT2D eigenvalue weighted by atomic mass is 10.1. The van der Waals surface area contributed by atoms with Crippen molar-refractivity contribution in [3.05, 3.63) is 93.4 Å². The van der Waals surface area contributed by atoms with Crippen LogP contribution in [0, 0.1) is 6.92 Å². The molecule has 162 valence electrons. The number of carbonyl (C=O) groups excluding carboxylic acids is 1. The maximum atomic E-state index is 13.2. The number of hydrogen-bond donors (Lipinski definition) is 1. The van der Waals surface area contributed by atoms with E-state index in [9.17, 15) is 9.59 Å². The molecular weight excluding hydrogens is 444 g/mol. The monoisotopic (exact) mass is 464 g/mol. The van der Waals surface area contributed by atoms with Gasteiger partial charge in [0.2, 0.25) is 5.91 Å². The molecule has 1 atom stereocenters. The van der Waals surface area contributed by atoms with E-state index in [1.165, 1.54) is 16.3 Å². The first-order valence-corrected chi connectivity index (χ1v) is 11.4. The molecule has 1 N–H and O–H groups in total. The highest BCUT2D eigenvalue weighted by Gasteiger charge is 2.17. The molecule has 8 heteroatoms. The number of pyridine rings is 1. The van der Waals surface area contributed by atoms with Crippen LogP contribution in [0.25, 0.3) is 16.7 Å². The number of aromatic nitrogens is 3. The number of para-hydroxylation sites is 1. The van der Waals surface area contributed by atoms with Crippen molar-refractivity contribution in [2.45, 2.75) is 25.0 Å². The van der Waals surface area contributed by atoms with Crippen LogP contribution < -0.4 is 10.9 Å². The van der Waals surface area contributed by atoms with E-state index in [2.05, 4.69) is 15.3 Å². The van der Waals surface area contributed by atoms with Gasteiger partial charge in [0.15, 0.2) is 5.16 Å². The van der Waals surface area contributed by atoms with Gasteiger partial charge in [0, 0.05) is 11.2 Å². The van der Waals surface area contributed by atoms with Gasteiger partial charge >= 0.3 is 0 Å². The predicted octanol–water partition coefficient (Wildman–Crippen LogP) is 4.71. The normalized spacial score (nSPS) is 12.0. The van der Waals surface area contributed by atoms with E-state index in [0.29, 0.717) is 26.9 Å². The second-order valence-electron chi connectivity index (χ2n) is 7.35. The van der Waals surface area contributed by atoms with Crippen LogP contribution in [0.2, 0.25) is 5.02 Å². The van der Waals surface area contributed by atoms with Crippen molar-refractivity contribution in [2.24, 2.45) is 0 Å². The van der Waals surface area contributed by atoms with E-state index in [1.807, 2.05) is 44.2 Å². The zero-order valence-electron chi connectivity index (χ0n) is 17.6. The van der Waals surface area contributed by atoms with Crippen LogP contribution in [0.3, 0.4) is 0 Å². The number of benzene rings is 2. The molecule has 0 bridgehead atoms. The second-order valence-corrected chi connectivity index (χ2v) is 8.69. The zero-order valence-corrected chi connectivity index (χ0v) is 19.2. The molecule has 32 heavy (non-hydrogen) atoms. The number of halogens is 1. The average Bonchev–Trinajstić information content (AvgIpc) is 2.79. The lowest BCUT2D eigenvalue weighted by Crippen LogP contribution is -2.29. The Labute approximate surface area is 194 Å². The highest BCUT2D eigenvalue weighted by atomic mass is 35.5. The third-order valence-corrected chi connectivity index (χ3v) is 6.23. The number of thioether (sulfide) groups is 1. The Hall–Kier alpha value is -3.16. The van der Waals surface area contributed by atoms with E-state index in [4.69, 9.17) is 11.6 Å². The van der Waals surface area contributed by atoms with Crippen LogP contribution in [0.4, 0.5) is 0 Å². The summed E-state index contributed by atoms with van der Waals surface area (Å²) in [4.78, 5) is 34.9. The fraction of sp³-hybridized carbons (Fsp3) is 0.167. The highest BCUT2D eigenvalue weighted by Crippen LogP contribution is 2.23. The van der Waals surface area contributed by atoms with Crippen molar-refractivity contribution in [3.63, 3.8) is 0 Å². The minimum Gasteiger partial charge on any atom is -0.349 e. The first kappa shape index (κ1) is 22.0. The summed E-state index contributed by atoms with van der Waals surface area (Å²) in [7, 11) is 0. The summed E-state index contributed by atoms with van der Waals surface area (Å²) in [5, 5.41) is 4.46. The van der Waals surface area contributed by atoms with Gasteiger partial charge in [0.1, 0.15) is 5.82 Å². The molecule has 6 nitrogen and oxygen atoms in total. The molecule has 0 aliphatic carbocycles. The molecule has 1 unspecified atom stereocenters. The Morgan fingerprint density at radius 1 is 1.12 bits per heavy atom. The molecule has 0 aliphatic heterocycles. The Bertz CT molecular complexity index is 1340. The number of aryl methyl sites for hydroxylation is 1. The quantitative estimate of drug-likeness (QED) is 0.330. The standard InChI is InChI=1S/C24H21ClN4O2S/c1-15-11-12-21(26-13-15)29-23(31)18-8-4-6-10-20(18)28-24(29)32-14-22(30)27-16(2)17-7-3-5-9-19(17)25/h3-13,16H,14H2,1-2H3,(H,27,30). The minimum atomic E-state index is -0.248. The third kappa shape index (κ3) is 4.69. The summed E-state index contributed by atoms with van der Waals surface area (Å²) in [6.45, 7) is 3.81. The van der Waals surface area contributed by atoms with Crippen LogP contribution >= 0.6 is 23.4 Å². The summed E-state index contributed by atoms with van der Waals surface area (Å²) >= 11 is 7.43. The molecule has 4 rings (SSSR count). The van der Waals surface area contributed by atoms with E-state index < -0.39 is 0 Å². The van der Waals surface area contributed by atoms with Crippen LogP contribution in [0.1, 0.15) is 24.1 Å². The second kappa shape index (κ2) is 9.54. The van der Waals surface area contributed by atoms with Crippen molar-refractivity contribution in [1.82, 2.24) is 19.9 Å². The van der Waals surface area contributed by atoms with Crippen molar-refractivity contribution < 1.29 is 4.79 Å². The first-order valence-electron chi connectivity index (χ1n) is 10.1. The molecule has 2 heterocycles. The van der Waals surface area contributed by atoms with Gasteiger partial charge in [-0.15, -0.1) is 0 Å². The molecule has 4 aromatic rings. The van der Waals surface area contributed by atoms with Crippen LogP contribution in [-0.4, -0.2) is 26.2 Å². The molecular formula is C24H21ClN4O2S. The van der Waals surface area contributed by atoms with Crippen LogP contribution in [-0.2, 0) is 4.79 Å². The molecule has 0 saturated carbocycles. The maximum Gasteiger partial charge on any atom is 0.267 e. The van der Waals surface area contributed by atoms with E-state index >= 15 is 0 Å². The van der Waals surface area contributed by atoms with Crippen LogP contribution in [0.5, 0.6) is 0 Å². The average molecular weight is 465 g/mol. The number of fused-ring (bicyclic) bond motifs is 1. The lowest BCUT2D eigenvalue weighted by Gasteiger charge is -2.16. The molecule has 0 aliphatic rings. The Morgan fingerprint density at radius 3 is 2.62 bits per heavy atom. The van der Waals surface area contributed by atoms with Gasteiger partial charge in [-0.05, 0) is 49.2 Å². The summed E-state index contributed by atoms with van der Waals surface area (Å²) in [6.07, 6.45) is 1.70. The van der Waals surface area contributed by atoms with Gasteiger partial charge in [-0.25, -0.2) is 14.5 Å². The van der Waals surface area contributed by atoms with E-state index in [0.717, 1.165) is 11.1 Å². The third-order valence-electron chi connectivity index (χ3n) is 4.95. The number of rotatable bonds is 6. The van der Waals surface area contributed by atoms with Crippen LogP contribution in [0.15, 0.2) is 76.8 Å². The van der Waals surface area contributed by atoms with Gasteiger partial charge in [0.25, 0.3) is 5.56 Å². The lowest BCUT2D eigenvalue weighted by molar-refractivity contribution is -0.119. The van der Waals surface area contributed by atoms with Crippen molar-refractivity contribution in [3.8, 4) is 5.82 Å². The SMILES string of the molecule is Cc1ccc(-n2c(SCC(=O)NC(C)c3ccccc3Cl)nc3ccccc3c2=O)nc1. The smallest absolute Gasteiger partial charge is 0.267 e. The maximum absolute atomic E-state index is 13.2. The number of hydrogen-bond acceptors (Lipinski definition) is 5. The number of nitrogens with one attached hydrogen (secondary N) is 1. The number of carbonyl (C=O) groups is 1. The van der Waals surface area contributed by atoms with Crippen molar-refractivity contribution >= 4 is 40.2 Å². The van der Waals surface area contributed by atoms with Gasteiger partial charge < -0.3 is 5.32 Å². The Balaban J connectivity index is 1.61. The minimum absolute atomic E-state index is 0.0887. The molecule has 1 amide bonds. The molecule has 2 aromatic heterocycles. The Morgan fingerprint density at radius 2 is 1.88 bits per heavy atom. The molecule has 0 fully saturated rings. The summed E-state index contributed by atoms with van der Waals surface area (Å²) in [5.74, 6) is 0.366. The van der Waals surface area contributed by atoms with Crippen molar-refractivity contribution in [1.29, 1.82) is 0 Å². The van der Waals surface area contributed by atoms with E-state index in [-0.39, 0.29) is 23.3 Å². The molecule has 0 radical (unpaired) electrons. The van der Waals surface area contributed by atoms with E-state index in [1.54, 1.807) is 36.5 Å². The molecule has 0 saturated heterocycles.